The summed E-state index contributed by atoms with van der Waals surface area (Å²) in [6.07, 6.45) is 1.01. The zero-order valence-electron chi connectivity index (χ0n) is 9.65. The maximum absolute atomic E-state index is 5.79. The summed E-state index contributed by atoms with van der Waals surface area (Å²) in [4.78, 5) is 0. The first-order chi connectivity index (χ1) is 8.40. The number of hydrogen-bond donors (Lipinski definition) is 1. The monoisotopic (exact) mass is 225 g/mol. The molecule has 17 heavy (non-hydrogen) atoms. The van der Waals surface area contributed by atoms with Gasteiger partial charge in [-0.15, -0.1) is 0 Å². The Balaban J connectivity index is 2.19. The summed E-state index contributed by atoms with van der Waals surface area (Å²) >= 11 is 0. The van der Waals surface area contributed by atoms with E-state index in [9.17, 15) is 0 Å². The van der Waals surface area contributed by atoms with E-state index < -0.39 is 0 Å². The number of ether oxygens (including phenoxy) is 1. The molecule has 0 radical (unpaired) electrons. The van der Waals surface area contributed by atoms with Crippen LogP contribution in [0, 0.1) is 0 Å². The fourth-order valence-electron chi connectivity index (χ4n) is 2.39. The van der Waals surface area contributed by atoms with Crippen LogP contribution in [-0.4, -0.2) is 6.61 Å². The van der Waals surface area contributed by atoms with Gasteiger partial charge in [0.15, 0.2) is 0 Å². The van der Waals surface area contributed by atoms with Crippen LogP contribution in [0.25, 0.3) is 11.1 Å². The average molecular weight is 225 g/mol. The molecular weight excluding hydrogens is 210 g/mol. The Morgan fingerprint density at radius 3 is 2.71 bits per heavy atom. The lowest BCUT2D eigenvalue weighted by molar-refractivity contribution is 0.358. The fourth-order valence-corrected chi connectivity index (χ4v) is 2.39. The molecular formula is C15H15NO. The minimum absolute atomic E-state index is 0.555. The number of benzene rings is 2. The molecule has 0 amide bonds. The lowest BCUT2D eigenvalue weighted by Gasteiger charge is -2.11. The average Bonchev–Trinajstić information content (AvgIpc) is 2.86. The van der Waals surface area contributed by atoms with E-state index in [0.717, 1.165) is 24.3 Å². The van der Waals surface area contributed by atoms with Gasteiger partial charge in [0, 0.05) is 18.5 Å². The molecule has 1 aliphatic rings. The SMILES string of the molecule is NCc1ccccc1-c1cccc2c1OCC2. The second kappa shape index (κ2) is 4.22. The minimum Gasteiger partial charge on any atom is -0.492 e. The molecule has 1 heterocycles. The highest BCUT2D eigenvalue weighted by molar-refractivity contribution is 5.75. The van der Waals surface area contributed by atoms with Crippen molar-refractivity contribution in [2.45, 2.75) is 13.0 Å². The van der Waals surface area contributed by atoms with Crippen LogP contribution in [0.3, 0.4) is 0 Å². The van der Waals surface area contributed by atoms with Gasteiger partial charge in [-0.2, -0.15) is 0 Å². The smallest absolute Gasteiger partial charge is 0.130 e. The summed E-state index contributed by atoms with van der Waals surface area (Å²) in [5.41, 5.74) is 10.6. The summed E-state index contributed by atoms with van der Waals surface area (Å²) in [5, 5.41) is 0. The van der Waals surface area contributed by atoms with Crippen molar-refractivity contribution in [2.75, 3.05) is 6.61 Å². The number of rotatable bonds is 2. The maximum atomic E-state index is 5.79. The number of fused-ring (bicyclic) bond motifs is 1. The third kappa shape index (κ3) is 1.71. The molecule has 0 atom stereocenters. The normalized spacial score (nSPS) is 13.2. The molecule has 86 valence electrons. The van der Waals surface area contributed by atoms with Gasteiger partial charge in [0.05, 0.1) is 6.61 Å². The molecule has 0 aliphatic carbocycles. The van der Waals surface area contributed by atoms with Crippen LogP contribution >= 0.6 is 0 Å². The highest BCUT2D eigenvalue weighted by atomic mass is 16.5. The topological polar surface area (TPSA) is 35.2 Å². The highest BCUT2D eigenvalue weighted by Crippen LogP contribution is 2.37. The molecule has 3 rings (SSSR count). The van der Waals surface area contributed by atoms with E-state index in [-0.39, 0.29) is 0 Å². The maximum Gasteiger partial charge on any atom is 0.130 e. The Bertz CT molecular complexity index is 548. The van der Waals surface area contributed by atoms with Crippen LogP contribution in [-0.2, 0) is 13.0 Å². The standard InChI is InChI=1S/C15H15NO/c16-10-12-4-1-2-6-13(12)14-7-3-5-11-8-9-17-15(11)14/h1-7H,8-10,16H2. The molecule has 0 spiro atoms. The van der Waals surface area contributed by atoms with Crippen molar-refractivity contribution < 1.29 is 4.74 Å². The summed E-state index contributed by atoms with van der Waals surface area (Å²) in [6.45, 7) is 1.34. The van der Waals surface area contributed by atoms with Crippen LogP contribution in [0.2, 0.25) is 0 Å². The first-order valence-electron chi connectivity index (χ1n) is 5.93. The Morgan fingerprint density at radius 2 is 1.82 bits per heavy atom. The molecule has 2 heteroatoms. The van der Waals surface area contributed by atoms with Crippen LogP contribution in [0.4, 0.5) is 0 Å². The Morgan fingerprint density at radius 1 is 1.00 bits per heavy atom. The van der Waals surface area contributed by atoms with E-state index in [0.29, 0.717) is 6.54 Å². The summed E-state index contributed by atoms with van der Waals surface area (Å²) < 4.78 is 5.74. The van der Waals surface area contributed by atoms with Crippen molar-refractivity contribution in [3.8, 4) is 16.9 Å². The van der Waals surface area contributed by atoms with E-state index in [4.69, 9.17) is 10.5 Å². The summed E-state index contributed by atoms with van der Waals surface area (Å²) in [5.74, 6) is 1.04. The van der Waals surface area contributed by atoms with E-state index in [2.05, 4.69) is 30.3 Å². The first kappa shape index (κ1) is 10.4. The van der Waals surface area contributed by atoms with Gasteiger partial charge in [0.1, 0.15) is 5.75 Å². The summed E-state index contributed by atoms with van der Waals surface area (Å²) in [7, 11) is 0. The van der Waals surface area contributed by atoms with E-state index >= 15 is 0 Å². The molecule has 0 saturated heterocycles. The molecule has 0 fully saturated rings. The van der Waals surface area contributed by atoms with Crippen molar-refractivity contribution >= 4 is 0 Å². The third-order valence-corrected chi connectivity index (χ3v) is 3.24. The van der Waals surface area contributed by atoms with Gasteiger partial charge in [-0.3, -0.25) is 0 Å². The van der Waals surface area contributed by atoms with E-state index in [1.807, 2.05) is 12.1 Å². The third-order valence-electron chi connectivity index (χ3n) is 3.24. The second-order valence-corrected chi connectivity index (χ2v) is 4.25. The van der Waals surface area contributed by atoms with Gasteiger partial charge < -0.3 is 10.5 Å². The molecule has 2 aromatic carbocycles. The van der Waals surface area contributed by atoms with Crippen LogP contribution < -0.4 is 10.5 Å². The molecule has 2 N–H and O–H groups in total. The molecule has 1 aliphatic heterocycles. The molecule has 0 saturated carbocycles. The predicted octanol–water partition coefficient (Wildman–Crippen LogP) is 2.75. The van der Waals surface area contributed by atoms with Gasteiger partial charge in [-0.1, -0.05) is 42.5 Å². The number of nitrogens with two attached hydrogens (primary N) is 1. The molecule has 0 aromatic heterocycles. The van der Waals surface area contributed by atoms with Crippen molar-refractivity contribution in [3.63, 3.8) is 0 Å². The van der Waals surface area contributed by atoms with Crippen molar-refractivity contribution in [3.05, 3.63) is 53.6 Å². The zero-order valence-corrected chi connectivity index (χ0v) is 9.65. The predicted molar refractivity (Wildman–Crippen MR) is 69.0 cm³/mol. The van der Waals surface area contributed by atoms with Gasteiger partial charge in [-0.05, 0) is 16.7 Å². The fraction of sp³-hybridized carbons (Fsp3) is 0.200. The quantitative estimate of drug-likeness (QED) is 0.853. The molecule has 0 unspecified atom stereocenters. The van der Waals surface area contributed by atoms with Gasteiger partial charge in [0.2, 0.25) is 0 Å². The van der Waals surface area contributed by atoms with Crippen LogP contribution in [0.5, 0.6) is 5.75 Å². The summed E-state index contributed by atoms with van der Waals surface area (Å²) in [6, 6.07) is 14.6. The van der Waals surface area contributed by atoms with Crippen LogP contribution in [0.1, 0.15) is 11.1 Å². The minimum atomic E-state index is 0.555. The van der Waals surface area contributed by atoms with Gasteiger partial charge >= 0.3 is 0 Å². The van der Waals surface area contributed by atoms with Crippen LogP contribution in [0.15, 0.2) is 42.5 Å². The largest absolute Gasteiger partial charge is 0.492 e. The van der Waals surface area contributed by atoms with E-state index in [1.54, 1.807) is 0 Å². The molecule has 0 bridgehead atoms. The Hall–Kier alpha value is -1.80. The first-order valence-corrected chi connectivity index (χ1v) is 5.93. The van der Waals surface area contributed by atoms with Gasteiger partial charge in [0.25, 0.3) is 0 Å². The Labute approximate surface area is 101 Å². The highest BCUT2D eigenvalue weighted by Gasteiger charge is 2.17. The van der Waals surface area contributed by atoms with E-state index in [1.165, 1.54) is 16.7 Å². The number of para-hydroxylation sites is 1. The van der Waals surface area contributed by atoms with Gasteiger partial charge in [-0.25, -0.2) is 0 Å². The van der Waals surface area contributed by atoms with Crippen molar-refractivity contribution in [2.24, 2.45) is 5.73 Å². The van der Waals surface area contributed by atoms with Crippen molar-refractivity contribution in [1.29, 1.82) is 0 Å². The Kier molecular flexibility index (Phi) is 2.57. The van der Waals surface area contributed by atoms with Crippen molar-refractivity contribution in [1.82, 2.24) is 0 Å². The molecule has 2 aromatic rings. The number of hydrogen-bond acceptors (Lipinski definition) is 2. The molecule has 2 nitrogen and oxygen atoms in total. The zero-order chi connectivity index (χ0) is 11.7. The second-order valence-electron chi connectivity index (χ2n) is 4.25. The lowest BCUT2D eigenvalue weighted by Crippen LogP contribution is -1.99. The lowest BCUT2D eigenvalue weighted by atomic mass is 9.97.